The van der Waals surface area contributed by atoms with Gasteiger partial charge in [-0.1, -0.05) is 109 Å². The Morgan fingerprint density at radius 3 is 1.41 bits per heavy atom. The molecule has 2 heterocycles. The van der Waals surface area contributed by atoms with Gasteiger partial charge in [-0.3, -0.25) is 0 Å². The fourth-order valence-corrected chi connectivity index (χ4v) is 6.77. The average Bonchev–Trinajstić information content (AvgIpc) is 3.60. The number of aromatic nitrogens is 2. The van der Waals surface area contributed by atoms with Gasteiger partial charge < -0.3 is 9.13 Å². The van der Waals surface area contributed by atoms with Crippen LogP contribution in [-0.4, -0.2) is 9.13 Å². The molecule has 0 saturated carbocycles. The molecule has 0 radical (unpaired) electrons. The van der Waals surface area contributed by atoms with Crippen LogP contribution in [0.1, 0.15) is 2.74 Å². The van der Waals surface area contributed by atoms with Gasteiger partial charge in [0.15, 0.2) is 0 Å². The third-order valence-electron chi connectivity index (χ3n) is 8.78. The molecule has 2 heteroatoms. The van der Waals surface area contributed by atoms with Crippen molar-refractivity contribution in [3.8, 4) is 33.6 Å². The van der Waals surface area contributed by atoms with Gasteiger partial charge in [0.2, 0.25) is 0 Å². The lowest BCUT2D eigenvalue weighted by Crippen LogP contribution is -1.94. The van der Waals surface area contributed by atoms with Crippen LogP contribution in [0.15, 0.2) is 170 Å². The molecule has 0 aliphatic rings. The van der Waals surface area contributed by atoms with Crippen LogP contribution in [-0.2, 0) is 0 Å². The molecule has 0 saturated heterocycles. The molecule has 7 aromatic carbocycles. The first-order valence-electron chi connectivity index (χ1n) is 15.9. The fourth-order valence-electron chi connectivity index (χ4n) is 6.77. The quantitative estimate of drug-likeness (QED) is 0.202. The molecule has 0 bridgehead atoms. The lowest BCUT2D eigenvalue weighted by atomic mass is 10.0. The fraction of sp³-hybridized carbons (Fsp3) is 0. The predicted molar refractivity (Wildman–Crippen MR) is 186 cm³/mol. The number of rotatable bonds is 4. The highest BCUT2D eigenvalue weighted by molar-refractivity contribution is 6.12. The SMILES string of the molecule is [2H]c1ccc2c(c1)c1cc(-c3ccc4c(c3)c3cc([2H])ccc3n4-c3cccc(-c4ccccc4)c3)ccc1n2-c1ccccc1. The largest absolute Gasteiger partial charge is 0.309 e. The Bertz CT molecular complexity index is 2600. The molecular weight excluding hydrogens is 532 g/mol. The molecule has 0 unspecified atom stereocenters. The first-order valence-corrected chi connectivity index (χ1v) is 14.9. The van der Waals surface area contributed by atoms with Crippen LogP contribution in [0.3, 0.4) is 0 Å². The smallest absolute Gasteiger partial charge is 0.0623 e. The van der Waals surface area contributed by atoms with Gasteiger partial charge in [0.05, 0.1) is 24.8 Å². The predicted octanol–water partition coefficient (Wildman–Crippen LogP) is 11.2. The summed E-state index contributed by atoms with van der Waals surface area (Å²) >= 11 is 0. The van der Waals surface area contributed by atoms with E-state index in [2.05, 4.69) is 130 Å². The van der Waals surface area contributed by atoms with Gasteiger partial charge in [0.25, 0.3) is 0 Å². The molecule has 0 spiro atoms. The van der Waals surface area contributed by atoms with E-state index in [1.54, 1.807) is 0 Å². The third-order valence-corrected chi connectivity index (χ3v) is 8.78. The third kappa shape index (κ3) is 3.82. The second-order valence-electron chi connectivity index (χ2n) is 11.3. The number of para-hydroxylation sites is 3. The maximum Gasteiger partial charge on any atom is 0.0623 e. The zero-order valence-electron chi connectivity index (χ0n) is 25.9. The standard InChI is InChI=1S/C42H28N2/c1-3-12-29(13-4-1)30-14-11-17-34(26-30)44-40-21-10-8-19-36(40)38-28-32(23-25-42(38)44)31-22-24-41-37(27-31)35-18-7-9-20-39(35)43(41)33-15-5-2-6-16-33/h1-28H/i7D,8D. The van der Waals surface area contributed by atoms with E-state index >= 15 is 0 Å². The van der Waals surface area contributed by atoms with Crippen LogP contribution < -0.4 is 0 Å². The highest BCUT2D eigenvalue weighted by Gasteiger charge is 2.16. The van der Waals surface area contributed by atoms with Gasteiger partial charge in [-0.25, -0.2) is 0 Å². The lowest BCUT2D eigenvalue weighted by Gasteiger charge is -2.11. The van der Waals surface area contributed by atoms with Gasteiger partial charge in [0.1, 0.15) is 0 Å². The van der Waals surface area contributed by atoms with E-state index in [-0.39, 0.29) is 0 Å². The van der Waals surface area contributed by atoms with Crippen LogP contribution in [0.4, 0.5) is 0 Å². The van der Waals surface area contributed by atoms with E-state index in [0.717, 1.165) is 66.1 Å². The molecule has 206 valence electrons. The molecule has 2 aromatic heterocycles. The minimum Gasteiger partial charge on any atom is -0.309 e. The first kappa shape index (κ1) is 22.7. The molecular formula is C42H28N2. The van der Waals surface area contributed by atoms with Gasteiger partial charge in [-0.2, -0.15) is 0 Å². The zero-order chi connectivity index (χ0) is 30.8. The Kier molecular flexibility index (Phi) is 5.09. The summed E-state index contributed by atoms with van der Waals surface area (Å²) in [6.45, 7) is 0. The van der Waals surface area contributed by atoms with Crippen LogP contribution in [0.25, 0.3) is 77.2 Å². The summed E-state index contributed by atoms with van der Waals surface area (Å²) in [5.74, 6) is 0. The molecule has 0 aliphatic carbocycles. The van der Waals surface area contributed by atoms with Crippen molar-refractivity contribution in [1.29, 1.82) is 0 Å². The Labute approximate surface area is 258 Å². The van der Waals surface area contributed by atoms with Crippen molar-refractivity contribution in [3.63, 3.8) is 0 Å². The Hall–Kier alpha value is -5.86. The van der Waals surface area contributed by atoms with Crippen LogP contribution in [0, 0.1) is 0 Å². The van der Waals surface area contributed by atoms with E-state index in [4.69, 9.17) is 2.74 Å². The van der Waals surface area contributed by atoms with Gasteiger partial charge >= 0.3 is 0 Å². The van der Waals surface area contributed by atoms with E-state index in [1.165, 1.54) is 11.1 Å². The molecule has 0 atom stereocenters. The Balaban J connectivity index is 1.25. The summed E-state index contributed by atoms with van der Waals surface area (Å²) in [7, 11) is 0. The van der Waals surface area contributed by atoms with Crippen LogP contribution in [0.2, 0.25) is 0 Å². The molecule has 0 fully saturated rings. The summed E-state index contributed by atoms with van der Waals surface area (Å²) in [6, 6.07) is 55.7. The van der Waals surface area contributed by atoms with Crippen LogP contribution in [0.5, 0.6) is 0 Å². The second kappa shape index (κ2) is 9.86. The van der Waals surface area contributed by atoms with Crippen LogP contribution >= 0.6 is 0 Å². The van der Waals surface area contributed by atoms with Crippen molar-refractivity contribution in [2.75, 3.05) is 0 Å². The van der Waals surface area contributed by atoms with Crippen molar-refractivity contribution >= 4 is 43.6 Å². The number of benzene rings is 7. The van der Waals surface area contributed by atoms with Crippen molar-refractivity contribution in [2.45, 2.75) is 0 Å². The summed E-state index contributed by atoms with van der Waals surface area (Å²) in [5.41, 5.74) is 11.2. The molecule has 0 aliphatic heterocycles. The highest BCUT2D eigenvalue weighted by Crippen LogP contribution is 2.38. The van der Waals surface area contributed by atoms with Gasteiger partial charge in [-0.15, -0.1) is 0 Å². The summed E-state index contributed by atoms with van der Waals surface area (Å²) in [4.78, 5) is 0. The Morgan fingerprint density at radius 1 is 0.318 bits per heavy atom. The minimum atomic E-state index is 0.497. The number of hydrogen-bond donors (Lipinski definition) is 0. The van der Waals surface area contributed by atoms with Crippen molar-refractivity contribution in [3.05, 3.63) is 170 Å². The zero-order valence-corrected chi connectivity index (χ0v) is 23.9. The highest BCUT2D eigenvalue weighted by atomic mass is 15.0. The topological polar surface area (TPSA) is 9.86 Å². The Morgan fingerprint density at radius 2 is 0.795 bits per heavy atom. The maximum absolute atomic E-state index is 8.46. The number of nitrogens with zero attached hydrogens (tertiary/aromatic N) is 2. The first-order chi connectivity index (χ1) is 22.6. The summed E-state index contributed by atoms with van der Waals surface area (Å²) < 4.78 is 21.4. The molecule has 2 nitrogen and oxygen atoms in total. The van der Waals surface area contributed by atoms with E-state index in [0.29, 0.717) is 12.1 Å². The lowest BCUT2D eigenvalue weighted by molar-refractivity contribution is 1.18. The summed E-state index contributed by atoms with van der Waals surface area (Å²) in [5, 5.41) is 4.38. The maximum atomic E-state index is 8.46. The van der Waals surface area contributed by atoms with E-state index in [1.807, 2.05) is 36.4 Å². The van der Waals surface area contributed by atoms with Crippen molar-refractivity contribution in [2.24, 2.45) is 0 Å². The van der Waals surface area contributed by atoms with Crippen molar-refractivity contribution < 1.29 is 2.74 Å². The monoisotopic (exact) mass is 562 g/mol. The average molecular weight is 563 g/mol. The van der Waals surface area contributed by atoms with E-state index < -0.39 is 0 Å². The minimum absolute atomic E-state index is 0.497. The second-order valence-corrected chi connectivity index (χ2v) is 11.3. The summed E-state index contributed by atoms with van der Waals surface area (Å²) in [6.07, 6.45) is 0. The van der Waals surface area contributed by atoms with Gasteiger partial charge in [-0.05, 0) is 82.9 Å². The molecule has 0 N–H and O–H groups in total. The normalized spacial score (nSPS) is 12.3. The van der Waals surface area contributed by atoms with Gasteiger partial charge in [0, 0.05) is 32.9 Å². The molecule has 0 amide bonds. The molecule has 9 rings (SSSR count). The number of fused-ring (bicyclic) bond motifs is 6. The molecule has 9 aromatic rings. The van der Waals surface area contributed by atoms with E-state index in [9.17, 15) is 0 Å². The molecule has 44 heavy (non-hydrogen) atoms. The van der Waals surface area contributed by atoms with Crippen molar-refractivity contribution in [1.82, 2.24) is 9.13 Å². The number of hydrogen-bond acceptors (Lipinski definition) is 0.